The molecule has 0 atom stereocenters. The lowest BCUT2D eigenvalue weighted by atomic mass is 9.99. The fraction of sp³-hybridized carbons (Fsp3) is 0.0233. The molecule has 4 nitrogen and oxygen atoms in total. The van der Waals surface area contributed by atoms with Crippen molar-refractivity contribution in [2.75, 3.05) is 0 Å². The van der Waals surface area contributed by atoms with Crippen LogP contribution in [0.15, 0.2) is 164 Å². The molecule has 9 aromatic rings. The Bertz CT molecular complexity index is 2540. The smallest absolute Gasteiger partial charge is 0.145 e. The van der Waals surface area contributed by atoms with Crippen LogP contribution in [0.2, 0.25) is 0 Å². The Hall–Kier alpha value is -6.26. The van der Waals surface area contributed by atoms with Crippen LogP contribution in [-0.2, 0) is 0 Å². The summed E-state index contributed by atoms with van der Waals surface area (Å²) >= 11 is 0. The molecule has 0 aliphatic rings. The fourth-order valence-electron chi connectivity index (χ4n) is 6.81. The minimum atomic E-state index is 0.934. The standard InChI is InChI=1S/C43H30N4/c1-29-41(45-47-40(32-12-4-2-5-13-32)28-35-14-8-9-17-37(35)42(29)47)33-24-20-30(21-25-33)31-22-26-34(27-23-31)43-44-38-18-10-11-19-39(38)46(43)36-15-6-3-7-16-36/h2-28H,1H3. The number of hydrogen-bond donors (Lipinski definition) is 0. The molecule has 0 fully saturated rings. The van der Waals surface area contributed by atoms with Crippen molar-refractivity contribution in [2.24, 2.45) is 0 Å². The van der Waals surface area contributed by atoms with Crippen molar-refractivity contribution in [1.82, 2.24) is 19.2 Å². The average Bonchev–Trinajstić information content (AvgIpc) is 3.71. The van der Waals surface area contributed by atoms with E-state index in [2.05, 4.69) is 168 Å². The molecule has 0 aliphatic heterocycles. The molecular weight excluding hydrogens is 573 g/mol. The quantitative estimate of drug-likeness (QED) is 0.196. The second-order valence-corrected chi connectivity index (χ2v) is 12.0. The van der Waals surface area contributed by atoms with Crippen LogP contribution in [0.4, 0.5) is 0 Å². The van der Waals surface area contributed by atoms with Gasteiger partial charge >= 0.3 is 0 Å². The monoisotopic (exact) mass is 602 g/mol. The maximum Gasteiger partial charge on any atom is 0.145 e. The number of imidazole rings is 1. The van der Waals surface area contributed by atoms with Gasteiger partial charge in [-0.1, -0.05) is 133 Å². The molecule has 3 aromatic heterocycles. The molecule has 0 unspecified atom stereocenters. The second kappa shape index (κ2) is 11.0. The van der Waals surface area contributed by atoms with E-state index in [4.69, 9.17) is 10.1 Å². The summed E-state index contributed by atoms with van der Waals surface area (Å²) in [7, 11) is 0. The van der Waals surface area contributed by atoms with Crippen LogP contribution in [0.5, 0.6) is 0 Å². The lowest BCUT2D eigenvalue weighted by molar-refractivity contribution is 0.979. The van der Waals surface area contributed by atoms with Crippen molar-refractivity contribution in [2.45, 2.75) is 6.92 Å². The normalized spacial score (nSPS) is 11.5. The van der Waals surface area contributed by atoms with Crippen LogP contribution < -0.4 is 0 Å². The summed E-state index contributed by atoms with van der Waals surface area (Å²) in [5.41, 5.74) is 13.2. The molecule has 47 heavy (non-hydrogen) atoms. The lowest BCUT2D eigenvalue weighted by Crippen LogP contribution is -1.97. The summed E-state index contributed by atoms with van der Waals surface area (Å²) in [6.45, 7) is 2.19. The SMILES string of the molecule is Cc1c(-c2ccc(-c3ccc(-c4nc5ccccc5n4-c4ccccc4)cc3)cc2)nn2c(-c3ccccc3)cc3ccccc3c12. The number of pyridine rings is 1. The minimum Gasteiger partial charge on any atom is -0.292 e. The first-order valence-electron chi connectivity index (χ1n) is 15.9. The van der Waals surface area contributed by atoms with Crippen LogP contribution in [-0.4, -0.2) is 19.2 Å². The number of hydrogen-bond acceptors (Lipinski definition) is 2. The van der Waals surface area contributed by atoms with Gasteiger partial charge in [-0.2, -0.15) is 5.10 Å². The summed E-state index contributed by atoms with van der Waals surface area (Å²) in [6.07, 6.45) is 0. The summed E-state index contributed by atoms with van der Waals surface area (Å²) in [5, 5.41) is 7.64. The zero-order valence-corrected chi connectivity index (χ0v) is 25.9. The molecule has 9 rings (SSSR count). The first kappa shape index (κ1) is 27.1. The van der Waals surface area contributed by atoms with Crippen LogP contribution in [0.25, 0.3) is 78.0 Å². The molecule has 0 radical (unpaired) electrons. The van der Waals surface area contributed by atoms with Crippen LogP contribution in [0.1, 0.15) is 5.56 Å². The number of rotatable bonds is 5. The average molecular weight is 603 g/mol. The number of nitrogens with zero attached hydrogens (tertiary/aromatic N) is 4. The minimum absolute atomic E-state index is 0.934. The lowest BCUT2D eigenvalue weighted by Gasteiger charge is -2.10. The van der Waals surface area contributed by atoms with Crippen molar-refractivity contribution < 1.29 is 0 Å². The van der Waals surface area contributed by atoms with Gasteiger partial charge in [-0.15, -0.1) is 0 Å². The van der Waals surface area contributed by atoms with Gasteiger partial charge in [-0.05, 0) is 53.8 Å². The van der Waals surface area contributed by atoms with E-state index < -0.39 is 0 Å². The Morgan fingerprint density at radius 1 is 0.511 bits per heavy atom. The molecule has 0 saturated heterocycles. The van der Waals surface area contributed by atoms with E-state index in [0.717, 1.165) is 67.3 Å². The Morgan fingerprint density at radius 3 is 1.85 bits per heavy atom. The third-order valence-electron chi connectivity index (χ3n) is 9.14. The highest BCUT2D eigenvalue weighted by Gasteiger charge is 2.18. The van der Waals surface area contributed by atoms with E-state index in [9.17, 15) is 0 Å². The largest absolute Gasteiger partial charge is 0.292 e. The highest BCUT2D eigenvalue weighted by Crippen LogP contribution is 2.36. The molecule has 3 heterocycles. The molecule has 6 aromatic carbocycles. The molecule has 0 bridgehead atoms. The van der Waals surface area contributed by atoms with Crippen molar-refractivity contribution in [1.29, 1.82) is 0 Å². The van der Waals surface area contributed by atoms with E-state index >= 15 is 0 Å². The summed E-state index contributed by atoms with van der Waals surface area (Å²) < 4.78 is 4.36. The summed E-state index contributed by atoms with van der Waals surface area (Å²) in [4.78, 5) is 5.03. The highest BCUT2D eigenvalue weighted by atomic mass is 15.2. The number of benzene rings is 6. The van der Waals surface area contributed by atoms with Gasteiger partial charge in [0.1, 0.15) is 5.82 Å². The van der Waals surface area contributed by atoms with Gasteiger partial charge in [0.15, 0.2) is 0 Å². The Labute approximate surface area is 272 Å². The maximum atomic E-state index is 5.22. The van der Waals surface area contributed by atoms with Crippen molar-refractivity contribution >= 4 is 27.3 Å². The van der Waals surface area contributed by atoms with Gasteiger partial charge in [-0.3, -0.25) is 4.57 Å². The second-order valence-electron chi connectivity index (χ2n) is 12.0. The van der Waals surface area contributed by atoms with E-state index in [0.29, 0.717) is 0 Å². The van der Waals surface area contributed by atoms with Crippen molar-refractivity contribution in [3.63, 3.8) is 0 Å². The summed E-state index contributed by atoms with van der Waals surface area (Å²) in [5.74, 6) is 0.934. The molecule has 0 spiro atoms. The fourth-order valence-corrected chi connectivity index (χ4v) is 6.81. The van der Waals surface area contributed by atoms with E-state index in [-0.39, 0.29) is 0 Å². The van der Waals surface area contributed by atoms with Crippen molar-refractivity contribution in [3.05, 3.63) is 169 Å². The third-order valence-corrected chi connectivity index (χ3v) is 9.14. The third kappa shape index (κ3) is 4.53. The molecule has 0 aliphatic carbocycles. The Morgan fingerprint density at radius 2 is 1.11 bits per heavy atom. The molecule has 0 amide bonds. The first-order chi connectivity index (χ1) is 23.2. The van der Waals surface area contributed by atoms with Gasteiger partial charge in [-0.25, -0.2) is 9.50 Å². The highest BCUT2D eigenvalue weighted by molar-refractivity contribution is 6.01. The summed E-state index contributed by atoms with van der Waals surface area (Å²) in [6, 6.07) is 57.6. The number of aryl methyl sites for hydroxylation is 1. The van der Waals surface area contributed by atoms with Gasteiger partial charge in [0.2, 0.25) is 0 Å². The van der Waals surface area contributed by atoms with Crippen LogP contribution >= 0.6 is 0 Å². The number of para-hydroxylation sites is 3. The van der Waals surface area contributed by atoms with Gasteiger partial charge in [0, 0.05) is 33.3 Å². The van der Waals surface area contributed by atoms with E-state index in [1.165, 1.54) is 16.3 Å². The van der Waals surface area contributed by atoms with Gasteiger partial charge < -0.3 is 0 Å². The van der Waals surface area contributed by atoms with Crippen molar-refractivity contribution in [3.8, 4) is 50.7 Å². The first-order valence-corrected chi connectivity index (χ1v) is 15.9. The number of fused-ring (bicyclic) bond motifs is 4. The zero-order chi connectivity index (χ0) is 31.3. The molecule has 0 saturated carbocycles. The Balaban J connectivity index is 1.09. The zero-order valence-electron chi connectivity index (χ0n) is 25.9. The topological polar surface area (TPSA) is 35.1 Å². The maximum absolute atomic E-state index is 5.22. The predicted molar refractivity (Wildman–Crippen MR) is 194 cm³/mol. The molecular formula is C43H30N4. The Kier molecular flexibility index (Phi) is 6.32. The molecule has 222 valence electrons. The molecule has 0 N–H and O–H groups in total. The van der Waals surface area contributed by atoms with Gasteiger partial charge in [0.05, 0.1) is 27.9 Å². The van der Waals surface area contributed by atoms with Crippen LogP contribution in [0.3, 0.4) is 0 Å². The number of aromatic nitrogens is 4. The van der Waals surface area contributed by atoms with E-state index in [1.54, 1.807) is 0 Å². The molecule has 4 heteroatoms. The van der Waals surface area contributed by atoms with E-state index in [1.807, 2.05) is 12.1 Å². The predicted octanol–water partition coefficient (Wildman–Crippen LogP) is 10.8. The van der Waals surface area contributed by atoms with Crippen LogP contribution in [0, 0.1) is 6.92 Å². The van der Waals surface area contributed by atoms with Gasteiger partial charge in [0.25, 0.3) is 0 Å².